The minimum Gasteiger partial charge on any atom is -0.464 e. The molecule has 0 atom stereocenters. The lowest BCUT2D eigenvalue weighted by atomic mass is 10.3. The molecule has 1 aromatic heterocycles. The molecule has 0 fully saturated rings. The number of methoxy groups -OCH3 is 1. The third-order valence-corrected chi connectivity index (χ3v) is 1.95. The molecule has 0 radical (unpaired) electrons. The van der Waals surface area contributed by atoms with Gasteiger partial charge in [0.15, 0.2) is 6.29 Å². The van der Waals surface area contributed by atoms with E-state index in [1.54, 1.807) is 12.1 Å². The van der Waals surface area contributed by atoms with E-state index < -0.39 is 5.97 Å². The zero-order valence-corrected chi connectivity index (χ0v) is 8.94. The normalized spacial score (nSPS) is 9.38. The third kappa shape index (κ3) is 2.48. The Morgan fingerprint density at radius 2 is 2.31 bits per heavy atom. The van der Waals surface area contributed by atoms with Crippen LogP contribution in [0.1, 0.15) is 21.0 Å². The van der Waals surface area contributed by atoms with Crippen LogP contribution in [0.4, 0.5) is 0 Å². The summed E-state index contributed by atoms with van der Waals surface area (Å²) in [5.74, 6) is -0.540. The highest BCUT2D eigenvalue weighted by atomic mass is 127. The average molecular weight is 291 g/mol. The lowest BCUT2D eigenvalue weighted by Gasteiger charge is -1.99. The van der Waals surface area contributed by atoms with Gasteiger partial charge in [0.25, 0.3) is 0 Å². The molecule has 0 spiro atoms. The Kier molecular flexibility index (Phi) is 3.35. The van der Waals surface area contributed by atoms with E-state index in [0.29, 0.717) is 6.29 Å². The fourth-order valence-electron chi connectivity index (χ4n) is 0.787. The molecule has 13 heavy (non-hydrogen) atoms. The molecule has 0 aromatic carbocycles. The lowest BCUT2D eigenvalue weighted by molar-refractivity contribution is 0.0594. The molecule has 0 saturated carbocycles. The molecular weight excluding hydrogens is 285 g/mol. The summed E-state index contributed by atoms with van der Waals surface area (Å²) in [6, 6.07) is 3.14. The van der Waals surface area contributed by atoms with Gasteiger partial charge in [0, 0.05) is 3.57 Å². The average Bonchev–Trinajstić information content (AvgIpc) is 2.15. The molecule has 0 aliphatic heterocycles. The first kappa shape index (κ1) is 10.1. The number of hydrogen-bond acceptors (Lipinski definition) is 4. The van der Waals surface area contributed by atoms with Crippen molar-refractivity contribution < 1.29 is 14.3 Å². The summed E-state index contributed by atoms with van der Waals surface area (Å²) in [5, 5.41) is 0. The molecule has 0 unspecified atom stereocenters. The van der Waals surface area contributed by atoms with E-state index in [1.807, 2.05) is 22.6 Å². The number of esters is 1. The van der Waals surface area contributed by atoms with Crippen molar-refractivity contribution in [3.8, 4) is 0 Å². The predicted octanol–water partition coefficient (Wildman–Crippen LogP) is 1.29. The Morgan fingerprint density at radius 1 is 1.62 bits per heavy atom. The van der Waals surface area contributed by atoms with Gasteiger partial charge < -0.3 is 4.74 Å². The van der Waals surface area contributed by atoms with Crippen molar-refractivity contribution in [2.45, 2.75) is 0 Å². The maximum atomic E-state index is 11.0. The van der Waals surface area contributed by atoms with E-state index >= 15 is 0 Å². The SMILES string of the molecule is COC(=O)c1cc(I)cc(C=O)n1. The van der Waals surface area contributed by atoms with Crippen LogP contribution < -0.4 is 0 Å². The van der Waals surface area contributed by atoms with E-state index in [2.05, 4.69) is 9.72 Å². The van der Waals surface area contributed by atoms with E-state index in [9.17, 15) is 9.59 Å². The van der Waals surface area contributed by atoms with Crippen molar-refractivity contribution in [1.82, 2.24) is 4.98 Å². The number of rotatable bonds is 2. The lowest BCUT2D eigenvalue weighted by Crippen LogP contribution is -2.06. The van der Waals surface area contributed by atoms with Crippen LogP contribution in [0.15, 0.2) is 12.1 Å². The number of carbonyl (C=O) groups is 2. The molecule has 5 heteroatoms. The highest BCUT2D eigenvalue weighted by Gasteiger charge is 2.08. The van der Waals surface area contributed by atoms with E-state index in [4.69, 9.17) is 0 Å². The predicted molar refractivity (Wildman–Crippen MR) is 53.7 cm³/mol. The first-order valence-electron chi connectivity index (χ1n) is 3.38. The molecule has 68 valence electrons. The molecule has 0 amide bonds. The Bertz CT molecular complexity index is 351. The number of aromatic nitrogens is 1. The van der Waals surface area contributed by atoms with Crippen LogP contribution in [0.5, 0.6) is 0 Å². The summed E-state index contributed by atoms with van der Waals surface area (Å²) in [7, 11) is 1.27. The zero-order valence-electron chi connectivity index (χ0n) is 6.78. The number of nitrogens with zero attached hydrogens (tertiary/aromatic N) is 1. The van der Waals surface area contributed by atoms with Gasteiger partial charge in [0.05, 0.1) is 7.11 Å². The van der Waals surface area contributed by atoms with Crippen LogP contribution in [0.2, 0.25) is 0 Å². The molecule has 1 rings (SSSR count). The summed E-state index contributed by atoms with van der Waals surface area (Å²) in [6.07, 6.45) is 0.592. The third-order valence-electron chi connectivity index (χ3n) is 1.33. The summed E-state index contributed by atoms with van der Waals surface area (Å²) >= 11 is 2.00. The summed E-state index contributed by atoms with van der Waals surface area (Å²) in [4.78, 5) is 25.2. The second-order valence-corrected chi connectivity index (χ2v) is 3.45. The highest BCUT2D eigenvalue weighted by molar-refractivity contribution is 14.1. The second-order valence-electron chi connectivity index (χ2n) is 2.20. The highest BCUT2D eigenvalue weighted by Crippen LogP contribution is 2.08. The summed E-state index contributed by atoms with van der Waals surface area (Å²) in [6.45, 7) is 0. The van der Waals surface area contributed by atoms with Gasteiger partial charge in [-0.2, -0.15) is 0 Å². The minimum atomic E-state index is -0.540. The van der Waals surface area contributed by atoms with Gasteiger partial charge in [0.2, 0.25) is 0 Å². The quantitative estimate of drug-likeness (QED) is 0.468. The molecule has 0 bridgehead atoms. The standard InChI is InChI=1S/C8H6INO3/c1-13-8(12)7-3-5(9)2-6(4-11)10-7/h2-4H,1H3. The van der Waals surface area contributed by atoms with Crippen LogP contribution in [-0.2, 0) is 4.74 Å². The summed E-state index contributed by atoms with van der Waals surface area (Å²) in [5.41, 5.74) is 0.379. The number of pyridine rings is 1. The Labute approximate surface area is 88.4 Å². The molecule has 0 saturated heterocycles. The molecule has 0 aliphatic carbocycles. The summed E-state index contributed by atoms with van der Waals surface area (Å²) < 4.78 is 5.24. The van der Waals surface area contributed by atoms with E-state index in [0.717, 1.165) is 3.57 Å². The number of carbonyl (C=O) groups excluding carboxylic acids is 2. The van der Waals surface area contributed by atoms with Crippen molar-refractivity contribution in [3.05, 3.63) is 27.1 Å². The van der Waals surface area contributed by atoms with E-state index in [-0.39, 0.29) is 11.4 Å². The van der Waals surface area contributed by atoms with Crippen LogP contribution in [-0.4, -0.2) is 24.3 Å². The van der Waals surface area contributed by atoms with Crippen LogP contribution in [0.25, 0.3) is 0 Å². The number of aldehydes is 1. The van der Waals surface area contributed by atoms with Gasteiger partial charge >= 0.3 is 5.97 Å². The maximum absolute atomic E-state index is 11.0. The molecule has 0 N–H and O–H groups in total. The smallest absolute Gasteiger partial charge is 0.356 e. The first-order valence-corrected chi connectivity index (χ1v) is 4.46. The van der Waals surface area contributed by atoms with Gasteiger partial charge in [-0.3, -0.25) is 4.79 Å². The molecule has 4 nitrogen and oxygen atoms in total. The fourth-order valence-corrected chi connectivity index (χ4v) is 1.40. The molecule has 1 aromatic rings. The van der Waals surface area contributed by atoms with Crippen molar-refractivity contribution in [3.63, 3.8) is 0 Å². The Hall–Kier alpha value is -0.980. The Morgan fingerprint density at radius 3 is 2.85 bits per heavy atom. The number of halogens is 1. The largest absolute Gasteiger partial charge is 0.464 e. The van der Waals surface area contributed by atoms with Crippen LogP contribution in [0, 0.1) is 3.57 Å². The van der Waals surface area contributed by atoms with Crippen molar-refractivity contribution >= 4 is 34.8 Å². The monoisotopic (exact) mass is 291 g/mol. The van der Waals surface area contributed by atoms with Crippen molar-refractivity contribution in [2.24, 2.45) is 0 Å². The van der Waals surface area contributed by atoms with Crippen LogP contribution in [0.3, 0.4) is 0 Å². The van der Waals surface area contributed by atoms with E-state index in [1.165, 1.54) is 7.11 Å². The first-order chi connectivity index (χ1) is 6.17. The fraction of sp³-hybridized carbons (Fsp3) is 0.125. The van der Waals surface area contributed by atoms with Gasteiger partial charge in [-0.25, -0.2) is 9.78 Å². The minimum absolute atomic E-state index is 0.150. The van der Waals surface area contributed by atoms with Gasteiger partial charge in [-0.15, -0.1) is 0 Å². The van der Waals surface area contributed by atoms with Gasteiger partial charge in [0.1, 0.15) is 11.4 Å². The van der Waals surface area contributed by atoms with Gasteiger partial charge in [-0.05, 0) is 34.7 Å². The van der Waals surface area contributed by atoms with Crippen molar-refractivity contribution in [1.29, 1.82) is 0 Å². The zero-order chi connectivity index (χ0) is 9.84. The molecular formula is C8H6INO3. The molecule has 0 aliphatic rings. The second kappa shape index (κ2) is 4.31. The maximum Gasteiger partial charge on any atom is 0.356 e. The number of ether oxygens (including phenoxy) is 1. The van der Waals surface area contributed by atoms with Crippen molar-refractivity contribution in [2.75, 3.05) is 7.11 Å². The topological polar surface area (TPSA) is 56.3 Å². The molecule has 1 heterocycles. The van der Waals surface area contributed by atoms with Gasteiger partial charge in [-0.1, -0.05) is 0 Å². The number of hydrogen-bond donors (Lipinski definition) is 0. The Balaban J connectivity index is 3.15. The van der Waals surface area contributed by atoms with Crippen LogP contribution >= 0.6 is 22.6 Å².